The standard InChI is InChI=1S/C20H19NO3/c1-13(2)21-10-16-18(24-12-21)9-8-15-19(22)17(11-23-20(15)16)14-6-4-3-5-7-14/h3-9,11,13H,10,12H2,1-2H3. The SMILES string of the molecule is CC(C)N1COc2ccc3c(=O)c(-c4ccccc4)coc3c2C1. The van der Waals surface area contributed by atoms with Gasteiger partial charge in [-0.3, -0.25) is 9.69 Å². The van der Waals surface area contributed by atoms with Gasteiger partial charge in [-0.15, -0.1) is 0 Å². The first-order valence-corrected chi connectivity index (χ1v) is 8.15. The highest BCUT2D eigenvalue weighted by Crippen LogP contribution is 2.32. The molecular formula is C20H19NO3. The molecule has 0 aliphatic carbocycles. The number of fused-ring (bicyclic) bond motifs is 3. The van der Waals surface area contributed by atoms with Crippen molar-refractivity contribution in [2.45, 2.75) is 26.4 Å². The van der Waals surface area contributed by atoms with E-state index in [2.05, 4.69) is 18.7 Å². The molecule has 0 radical (unpaired) electrons. The summed E-state index contributed by atoms with van der Waals surface area (Å²) in [6.07, 6.45) is 1.56. The van der Waals surface area contributed by atoms with E-state index < -0.39 is 0 Å². The van der Waals surface area contributed by atoms with Crippen molar-refractivity contribution in [2.75, 3.05) is 6.73 Å². The van der Waals surface area contributed by atoms with Crippen LogP contribution in [0.25, 0.3) is 22.1 Å². The quantitative estimate of drug-likeness (QED) is 0.715. The van der Waals surface area contributed by atoms with Gasteiger partial charge in [0.2, 0.25) is 5.43 Å². The molecule has 0 bridgehead atoms. The summed E-state index contributed by atoms with van der Waals surface area (Å²) in [5.74, 6) is 0.801. The monoisotopic (exact) mass is 321 g/mol. The Hall–Kier alpha value is -2.59. The zero-order chi connectivity index (χ0) is 16.7. The third-order valence-corrected chi connectivity index (χ3v) is 4.56. The van der Waals surface area contributed by atoms with Crippen molar-refractivity contribution in [1.29, 1.82) is 0 Å². The van der Waals surface area contributed by atoms with Crippen LogP contribution in [0.4, 0.5) is 0 Å². The van der Waals surface area contributed by atoms with E-state index in [-0.39, 0.29) is 5.43 Å². The molecule has 1 aromatic heterocycles. The van der Waals surface area contributed by atoms with Crippen LogP contribution in [0, 0.1) is 0 Å². The van der Waals surface area contributed by atoms with Crippen LogP contribution in [0.5, 0.6) is 5.75 Å². The summed E-state index contributed by atoms with van der Waals surface area (Å²) in [7, 11) is 0. The van der Waals surface area contributed by atoms with Gasteiger partial charge in [-0.2, -0.15) is 0 Å². The van der Waals surface area contributed by atoms with Crippen molar-refractivity contribution in [2.24, 2.45) is 0 Å². The number of hydrogen-bond acceptors (Lipinski definition) is 4. The maximum atomic E-state index is 12.9. The second-order valence-corrected chi connectivity index (χ2v) is 6.38. The molecule has 4 heteroatoms. The molecule has 0 spiro atoms. The molecule has 0 saturated heterocycles. The summed E-state index contributed by atoms with van der Waals surface area (Å²) in [5, 5.41) is 0.601. The average molecular weight is 321 g/mol. The predicted octanol–water partition coefficient (Wildman–Crippen LogP) is 4.02. The molecule has 0 atom stereocenters. The Kier molecular flexibility index (Phi) is 3.62. The van der Waals surface area contributed by atoms with Gasteiger partial charge in [0, 0.05) is 12.6 Å². The molecular weight excluding hydrogens is 302 g/mol. The number of nitrogens with zero attached hydrogens (tertiary/aromatic N) is 1. The lowest BCUT2D eigenvalue weighted by Crippen LogP contribution is -2.37. The minimum absolute atomic E-state index is 0.00748. The van der Waals surface area contributed by atoms with Crippen LogP contribution in [0.2, 0.25) is 0 Å². The van der Waals surface area contributed by atoms with Crippen LogP contribution in [0.15, 0.2) is 57.9 Å². The molecule has 122 valence electrons. The highest BCUT2D eigenvalue weighted by molar-refractivity contribution is 5.85. The summed E-state index contributed by atoms with van der Waals surface area (Å²) in [6, 6.07) is 13.6. The van der Waals surface area contributed by atoms with Gasteiger partial charge >= 0.3 is 0 Å². The highest BCUT2D eigenvalue weighted by Gasteiger charge is 2.23. The summed E-state index contributed by atoms with van der Waals surface area (Å²) < 4.78 is 11.7. The fraction of sp³-hybridized carbons (Fsp3) is 0.250. The van der Waals surface area contributed by atoms with E-state index in [0.29, 0.717) is 29.3 Å². The highest BCUT2D eigenvalue weighted by atomic mass is 16.5. The lowest BCUT2D eigenvalue weighted by molar-refractivity contribution is 0.0689. The number of benzene rings is 2. The van der Waals surface area contributed by atoms with E-state index in [0.717, 1.165) is 23.4 Å². The largest absolute Gasteiger partial charge is 0.478 e. The van der Waals surface area contributed by atoms with Gasteiger partial charge in [0.1, 0.15) is 24.3 Å². The zero-order valence-electron chi connectivity index (χ0n) is 13.8. The average Bonchev–Trinajstić information content (AvgIpc) is 2.62. The van der Waals surface area contributed by atoms with E-state index in [1.807, 2.05) is 36.4 Å². The minimum Gasteiger partial charge on any atom is -0.478 e. The summed E-state index contributed by atoms with van der Waals surface area (Å²) in [6.45, 7) is 5.53. The summed E-state index contributed by atoms with van der Waals surface area (Å²) in [5.41, 5.74) is 3.02. The summed E-state index contributed by atoms with van der Waals surface area (Å²) >= 11 is 0. The van der Waals surface area contributed by atoms with Crippen LogP contribution in [-0.2, 0) is 6.54 Å². The number of ether oxygens (including phenoxy) is 1. The van der Waals surface area contributed by atoms with E-state index in [4.69, 9.17) is 9.15 Å². The molecule has 0 unspecified atom stereocenters. The Morgan fingerprint density at radius 1 is 1.08 bits per heavy atom. The van der Waals surface area contributed by atoms with Crippen molar-refractivity contribution in [3.05, 3.63) is 64.5 Å². The number of rotatable bonds is 2. The first-order valence-electron chi connectivity index (χ1n) is 8.15. The van der Waals surface area contributed by atoms with Crippen molar-refractivity contribution in [1.82, 2.24) is 4.90 Å². The van der Waals surface area contributed by atoms with Crippen molar-refractivity contribution >= 4 is 11.0 Å². The fourth-order valence-corrected chi connectivity index (χ4v) is 3.07. The molecule has 4 nitrogen and oxygen atoms in total. The molecule has 4 rings (SSSR count). The molecule has 1 aliphatic heterocycles. The van der Waals surface area contributed by atoms with Crippen LogP contribution >= 0.6 is 0 Å². The van der Waals surface area contributed by atoms with Gasteiger partial charge in [-0.05, 0) is 31.5 Å². The Morgan fingerprint density at radius 2 is 1.88 bits per heavy atom. The van der Waals surface area contributed by atoms with Crippen molar-refractivity contribution in [3.8, 4) is 16.9 Å². The van der Waals surface area contributed by atoms with Gasteiger partial charge < -0.3 is 9.15 Å². The van der Waals surface area contributed by atoms with Crippen molar-refractivity contribution in [3.63, 3.8) is 0 Å². The van der Waals surface area contributed by atoms with E-state index in [1.165, 1.54) is 0 Å². The summed E-state index contributed by atoms with van der Waals surface area (Å²) in [4.78, 5) is 15.1. The Bertz CT molecular complexity index is 944. The minimum atomic E-state index is -0.00748. The molecule has 0 saturated carbocycles. The molecule has 0 N–H and O–H groups in total. The van der Waals surface area contributed by atoms with Crippen LogP contribution in [0.3, 0.4) is 0 Å². The smallest absolute Gasteiger partial charge is 0.200 e. The first-order chi connectivity index (χ1) is 11.6. The molecule has 1 aliphatic rings. The molecule has 2 heterocycles. The normalized spacial score (nSPS) is 14.6. The van der Waals surface area contributed by atoms with Gasteiger partial charge in [0.25, 0.3) is 0 Å². The second-order valence-electron chi connectivity index (χ2n) is 6.38. The maximum absolute atomic E-state index is 12.9. The van der Waals surface area contributed by atoms with Crippen molar-refractivity contribution < 1.29 is 9.15 Å². The molecule has 0 fully saturated rings. The predicted molar refractivity (Wildman–Crippen MR) is 94.1 cm³/mol. The van der Waals surface area contributed by atoms with E-state index >= 15 is 0 Å². The molecule has 0 amide bonds. The second kappa shape index (κ2) is 5.80. The Morgan fingerprint density at radius 3 is 2.62 bits per heavy atom. The Balaban J connectivity index is 1.89. The fourth-order valence-electron chi connectivity index (χ4n) is 3.07. The van der Waals surface area contributed by atoms with Gasteiger partial charge in [-0.25, -0.2) is 0 Å². The number of hydrogen-bond donors (Lipinski definition) is 0. The lowest BCUT2D eigenvalue weighted by atomic mass is 10.0. The van der Waals surface area contributed by atoms with Gasteiger partial charge in [0.05, 0.1) is 16.5 Å². The molecule has 24 heavy (non-hydrogen) atoms. The third kappa shape index (κ3) is 2.39. The molecule has 3 aromatic rings. The van der Waals surface area contributed by atoms with Gasteiger partial charge in [0.15, 0.2) is 0 Å². The van der Waals surface area contributed by atoms with Crippen LogP contribution < -0.4 is 10.2 Å². The van der Waals surface area contributed by atoms with E-state index in [1.54, 1.807) is 12.3 Å². The lowest BCUT2D eigenvalue weighted by Gasteiger charge is -2.31. The first kappa shape index (κ1) is 15.0. The van der Waals surface area contributed by atoms with E-state index in [9.17, 15) is 4.79 Å². The van der Waals surface area contributed by atoms with Crippen LogP contribution in [0.1, 0.15) is 19.4 Å². The topological polar surface area (TPSA) is 42.7 Å². The van der Waals surface area contributed by atoms with Crippen LogP contribution in [-0.4, -0.2) is 17.7 Å². The zero-order valence-corrected chi connectivity index (χ0v) is 13.8. The maximum Gasteiger partial charge on any atom is 0.200 e. The Labute approximate surface area is 140 Å². The third-order valence-electron chi connectivity index (χ3n) is 4.56. The molecule has 2 aromatic carbocycles. The van der Waals surface area contributed by atoms with Gasteiger partial charge in [-0.1, -0.05) is 30.3 Å².